The lowest BCUT2D eigenvalue weighted by Gasteiger charge is -2.15. The lowest BCUT2D eigenvalue weighted by molar-refractivity contribution is 0.638. The van der Waals surface area contributed by atoms with Crippen molar-refractivity contribution < 1.29 is 0 Å². The SMILES string of the molecule is CCNC(c1cnc(C)s1)c1cscc1Br. The molecule has 2 rings (SSSR count). The average Bonchev–Trinajstić information content (AvgIpc) is 2.84. The van der Waals surface area contributed by atoms with Gasteiger partial charge in [0.2, 0.25) is 0 Å². The maximum atomic E-state index is 4.33. The van der Waals surface area contributed by atoms with Crippen molar-refractivity contribution in [2.24, 2.45) is 0 Å². The zero-order chi connectivity index (χ0) is 11.5. The van der Waals surface area contributed by atoms with Gasteiger partial charge in [0.05, 0.1) is 11.0 Å². The minimum Gasteiger partial charge on any atom is -0.306 e. The number of rotatable bonds is 4. The molecule has 1 atom stereocenters. The molecule has 0 saturated heterocycles. The lowest BCUT2D eigenvalue weighted by Crippen LogP contribution is -2.20. The van der Waals surface area contributed by atoms with E-state index in [4.69, 9.17) is 0 Å². The third-order valence-electron chi connectivity index (χ3n) is 2.29. The van der Waals surface area contributed by atoms with Crippen molar-refractivity contribution >= 4 is 38.6 Å². The van der Waals surface area contributed by atoms with Crippen LogP contribution in [0.15, 0.2) is 21.4 Å². The van der Waals surface area contributed by atoms with Crippen LogP contribution < -0.4 is 5.32 Å². The van der Waals surface area contributed by atoms with E-state index in [0.29, 0.717) is 0 Å². The summed E-state index contributed by atoms with van der Waals surface area (Å²) in [6, 6.07) is 0.261. The van der Waals surface area contributed by atoms with E-state index >= 15 is 0 Å². The average molecular weight is 317 g/mol. The van der Waals surface area contributed by atoms with E-state index in [2.05, 4.69) is 43.9 Å². The minimum absolute atomic E-state index is 0.261. The molecule has 2 nitrogen and oxygen atoms in total. The van der Waals surface area contributed by atoms with Gasteiger partial charge in [0, 0.05) is 20.9 Å². The lowest BCUT2D eigenvalue weighted by atomic mass is 10.1. The molecule has 86 valence electrons. The molecule has 0 bridgehead atoms. The Morgan fingerprint density at radius 3 is 2.81 bits per heavy atom. The summed E-state index contributed by atoms with van der Waals surface area (Å²) >= 11 is 7.07. The van der Waals surface area contributed by atoms with E-state index in [9.17, 15) is 0 Å². The first kappa shape index (κ1) is 12.2. The quantitative estimate of drug-likeness (QED) is 0.923. The minimum atomic E-state index is 0.261. The Morgan fingerprint density at radius 1 is 1.50 bits per heavy atom. The summed E-state index contributed by atoms with van der Waals surface area (Å²) in [6.45, 7) is 5.12. The van der Waals surface area contributed by atoms with Crippen molar-refractivity contribution in [3.8, 4) is 0 Å². The molecule has 0 spiro atoms. The normalized spacial score (nSPS) is 12.9. The molecular weight excluding hydrogens is 304 g/mol. The summed E-state index contributed by atoms with van der Waals surface area (Å²) in [6.07, 6.45) is 1.97. The van der Waals surface area contributed by atoms with Gasteiger partial charge in [0.1, 0.15) is 0 Å². The number of hydrogen-bond donors (Lipinski definition) is 1. The number of nitrogens with one attached hydrogen (secondary N) is 1. The van der Waals surface area contributed by atoms with Crippen molar-refractivity contribution in [2.45, 2.75) is 19.9 Å². The molecule has 2 heterocycles. The molecule has 0 aromatic carbocycles. The van der Waals surface area contributed by atoms with Crippen LogP contribution >= 0.6 is 38.6 Å². The van der Waals surface area contributed by atoms with Gasteiger partial charge in [-0.3, -0.25) is 0 Å². The first-order valence-electron chi connectivity index (χ1n) is 5.09. The van der Waals surface area contributed by atoms with Crippen molar-refractivity contribution in [3.05, 3.63) is 36.9 Å². The predicted octanol–water partition coefficient (Wildman–Crippen LogP) is 3.97. The van der Waals surface area contributed by atoms with Gasteiger partial charge in [-0.2, -0.15) is 11.3 Å². The van der Waals surface area contributed by atoms with Gasteiger partial charge in [0.25, 0.3) is 0 Å². The molecule has 1 N–H and O–H groups in total. The maximum Gasteiger partial charge on any atom is 0.0897 e. The highest BCUT2D eigenvalue weighted by Gasteiger charge is 2.18. The highest BCUT2D eigenvalue weighted by Crippen LogP contribution is 2.33. The van der Waals surface area contributed by atoms with Gasteiger partial charge in [-0.15, -0.1) is 11.3 Å². The highest BCUT2D eigenvalue weighted by molar-refractivity contribution is 9.10. The van der Waals surface area contributed by atoms with Crippen LogP contribution in [0.3, 0.4) is 0 Å². The molecule has 0 aliphatic carbocycles. The van der Waals surface area contributed by atoms with Crippen LogP contribution in [-0.2, 0) is 0 Å². The zero-order valence-corrected chi connectivity index (χ0v) is 12.4. The topological polar surface area (TPSA) is 24.9 Å². The number of thiophene rings is 1. The number of aryl methyl sites for hydroxylation is 1. The summed E-state index contributed by atoms with van der Waals surface area (Å²) in [7, 11) is 0. The summed E-state index contributed by atoms with van der Waals surface area (Å²) in [5.41, 5.74) is 1.30. The fourth-order valence-corrected chi connectivity index (χ4v) is 4.01. The third-order valence-corrected chi connectivity index (χ3v) is 5.01. The zero-order valence-electron chi connectivity index (χ0n) is 9.16. The second-order valence-corrected chi connectivity index (χ2v) is 6.31. The number of nitrogens with zero attached hydrogens (tertiary/aromatic N) is 1. The van der Waals surface area contributed by atoms with Crippen LogP contribution in [0.1, 0.15) is 28.4 Å². The Kier molecular flexibility index (Phi) is 4.13. The van der Waals surface area contributed by atoms with Gasteiger partial charge < -0.3 is 5.32 Å². The smallest absolute Gasteiger partial charge is 0.0897 e. The van der Waals surface area contributed by atoms with Gasteiger partial charge in [-0.25, -0.2) is 4.98 Å². The first-order valence-corrected chi connectivity index (χ1v) is 7.65. The largest absolute Gasteiger partial charge is 0.306 e. The van der Waals surface area contributed by atoms with E-state index in [-0.39, 0.29) is 6.04 Å². The number of thiazole rings is 1. The van der Waals surface area contributed by atoms with Crippen molar-refractivity contribution in [1.82, 2.24) is 10.3 Å². The van der Waals surface area contributed by atoms with Gasteiger partial charge in [-0.05, 0) is 40.3 Å². The van der Waals surface area contributed by atoms with E-state index in [1.807, 2.05) is 13.1 Å². The standard InChI is InChI=1S/C11H13BrN2S2/c1-3-13-11(8-5-15-6-9(8)12)10-4-14-7(2)16-10/h4-6,11,13H,3H2,1-2H3. The predicted molar refractivity (Wildman–Crippen MR) is 74.4 cm³/mol. The maximum absolute atomic E-state index is 4.33. The molecule has 0 saturated carbocycles. The van der Waals surface area contributed by atoms with E-state index in [1.165, 1.54) is 14.9 Å². The Hall–Kier alpha value is -0.230. The van der Waals surface area contributed by atoms with Gasteiger partial charge >= 0.3 is 0 Å². The van der Waals surface area contributed by atoms with Crippen LogP contribution in [0.5, 0.6) is 0 Å². The van der Waals surface area contributed by atoms with Gasteiger partial charge in [0.15, 0.2) is 0 Å². The third kappa shape index (κ3) is 2.53. The highest BCUT2D eigenvalue weighted by atomic mass is 79.9. The molecule has 5 heteroatoms. The summed E-state index contributed by atoms with van der Waals surface area (Å²) in [5, 5.41) is 8.92. The van der Waals surface area contributed by atoms with Crippen LogP contribution in [0.4, 0.5) is 0 Å². The Balaban J connectivity index is 2.34. The summed E-state index contributed by atoms with van der Waals surface area (Å²) in [4.78, 5) is 5.60. The molecule has 0 aliphatic rings. The van der Waals surface area contributed by atoms with Crippen molar-refractivity contribution in [1.29, 1.82) is 0 Å². The van der Waals surface area contributed by atoms with Crippen molar-refractivity contribution in [2.75, 3.05) is 6.54 Å². The van der Waals surface area contributed by atoms with E-state index < -0.39 is 0 Å². The first-order chi connectivity index (χ1) is 7.72. The molecule has 0 aliphatic heterocycles. The van der Waals surface area contributed by atoms with Crippen LogP contribution in [0.2, 0.25) is 0 Å². The van der Waals surface area contributed by atoms with Crippen LogP contribution in [-0.4, -0.2) is 11.5 Å². The molecule has 2 aromatic rings. The summed E-state index contributed by atoms with van der Waals surface area (Å²) in [5.74, 6) is 0. The Bertz CT molecular complexity index is 464. The van der Waals surface area contributed by atoms with Crippen LogP contribution in [0, 0.1) is 6.92 Å². The molecule has 1 unspecified atom stereocenters. The summed E-state index contributed by atoms with van der Waals surface area (Å²) < 4.78 is 1.18. The molecule has 0 amide bonds. The second-order valence-electron chi connectivity index (χ2n) is 3.45. The Morgan fingerprint density at radius 2 is 2.31 bits per heavy atom. The molecule has 16 heavy (non-hydrogen) atoms. The van der Waals surface area contributed by atoms with Gasteiger partial charge in [-0.1, -0.05) is 6.92 Å². The fraction of sp³-hybridized carbons (Fsp3) is 0.364. The molecule has 2 aromatic heterocycles. The fourth-order valence-electron chi connectivity index (χ4n) is 1.58. The number of halogens is 1. The molecule has 0 radical (unpaired) electrons. The van der Waals surface area contributed by atoms with Crippen molar-refractivity contribution in [3.63, 3.8) is 0 Å². The molecular formula is C11H13BrN2S2. The number of aromatic nitrogens is 1. The van der Waals surface area contributed by atoms with E-state index in [1.54, 1.807) is 22.7 Å². The van der Waals surface area contributed by atoms with Crippen LogP contribution in [0.25, 0.3) is 0 Å². The Labute approximate surface area is 112 Å². The monoisotopic (exact) mass is 316 g/mol. The molecule has 0 fully saturated rings. The second kappa shape index (κ2) is 5.40. The number of hydrogen-bond acceptors (Lipinski definition) is 4. The van der Waals surface area contributed by atoms with E-state index in [0.717, 1.165) is 11.6 Å².